The molecule has 0 spiro atoms. The van der Waals surface area contributed by atoms with Gasteiger partial charge in [-0.05, 0) is 39.9 Å². The first-order valence-electron chi connectivity index (χ1n) is 16.3. The summed E-state index contributed by atoms with van der Waals surface area (Å²) in [6.45, 7) is 10.4. The molecule has 1 fully saturated rings. The molecule has 0 aliphatic carbocycles. The fraction of sp³-hybridized carbons (Fsp3) is 0.333. The lowest BCUT2D eigenvalue weighted by Crippen LogP contribution is -2.70. The van der Waals surface area contributed by atoms with Crippen LogP contribution in [0, 0.1) is 0 Å². The molecule has 246 valence electrons. The molecular formula is C39H46N2O5Si. The molecule has 2 N–H and O–H groups in total. The third kappa shape index (κ3) is 6.50. The highest BCUT2D eigenvalue weighted by molar-refractivity contribution is 6.99. The van der Waals surface area contributed by atoms with E-state index in [1.54, 1.807) is 14.0 Å². The van der Waals surface area contributed by atoms with Crippen LogP contribution in [0.2, 0.25) is 5.04 Å². The molecule has 4 aromatic carbocycles. The number of benzene rings is 4. The highest BCUT2D eigenvalue weighted by Gasteiger charge is 2.60. The molecule has 0 unspecified atom stereocenters. The Balaban J connectivity index is 1.57. The Labute approximate surface area is 279 Å². The van der Waals surface area contributed by atoms with Crippen LogP contribution in [-0.2, 0) is 14.0 Å². The molecule has 0 radical (unpaired) electrons. The lowest BCUT2D eigenvalue weighted by molar-refractivity contribution is -0.144. The number of likely N-dealkylation sites (N-methyl/N-ethyl adjacent to an activating group) is 1. The van der Waals surface area contributed by atoms with Crippen molar-refractivity contribution < 1.29 is 23.9 Å². The second kappa shape index (κ2) is 13.9. The smallest absolute Gasteiger partial charge is 0.408 e. The van der Waals surface area contributed by atoms with Crippen molar-refractivity contribution in [3.8, 4) is 0 Å². The number of cyclic esters (lactones) is 1. The molecule has 5 rings (SSSR count). The van der Waals surface area contributed by atoms with Crippen LogP contribution in [-0.4, -0.2) is 55.1 Å². The van der Waals surface area contributed by atoms with Gasteiger partial charge in [0.25, 0.3) is 8.32 Å². The largest absolute Gasteiger partial charge is 0.438 e. The molecule has 4 aromatic rings. The summed E-state index contributed by atoms with van der Waals surface area (Å²) in [5.41, 5.74) is 0.0857. The molecular weight excluding hydrogens is 605 g/mol. The first kappa shape index (κ1) is 34.1. The minimum absolute atomic E-state index is 0.329. The zero-order valence-corrected chi connectivity index (χ0v) is 29.1. The Hall–Kier alpha value is -4.24. The summed E-state index contributed by atoms with van der Waals surface area (Å²) < 4.78 is 13.6. The standard InChI is InChI=1S/C39H46N2O5Si/c1-7-32(46-47(38(2,3)4,30-24-16-10-17-25-30)31-26-18-11-19-27-31)39(5)35(40-37(44)45-39)36(43)41(6)33(28-20-12-8-13-21-28)34(42)29-22-14-9-15-23-29/h8-27,32-35,42H,7H2,1-6H3,(H,40,44)/t32-,33-,34-,35-,39-/m1/s1. The molecule has 1 aliphatic rings. The number of carbonyl (C=O) groups excluding carboxylic acids is 2. The Morgan fingerprint density at radius 3 is 1.77 bits per heavy atom. The number of nitrogens with zero attached hydrogens (tertiary/aromatic N) is 1. The molecule has 47 heavy (non-hydrogen) atoms. The Morgan fingerprint density at radius 1 is 0.872 bits per heavy atom. The first-order valence-corrected chi connectivity index (χ1v) is 18.2. The minimum atomic E-state index is -3.08. The molecule has 1 saturated heterocycles. The van der Waals surface area contributed by atoms with Gasteiger partial charge in [-0.25, -0.2) is 4.79 Å². The Bertz CT molecular complexity index is 1590. The number of amides is 2. The van der Waals surface area contributed by atoms with Crippen molar-refractivity contribution in [2.45, 2.75) is 76.0 Å². The highest BCUT2D eigenvalue weighted by atomic mass is 28.4. The second-order valence-corrected chi connectivity index (χ2v) is 17.7. The number of aliphatic hydroxyl groups excluding tert-OH is 1. The van der Waals surface area contributed by atoms with Gasteiger partial charge in [0.2, 0.25) is 5.91 Å². The van der Waals surface area contributed by atoms with Crippen LogP contribution in [0.25, 0.3) is 0 Å². The molecule has 1 aliphatic heterocycles. The van der Waals surface area contributed by atoms with Crippen molar-refractivity contribution in [1.29, 1.82) is 0 Å². The number of hydrogen-bond donors (Lipinski definition) is 2. The summed E-state index contributed by atoms with van der Waals surface area (Å²) in [6.07, 6.45) is -1.86. The topological polar surface area (TPSA) is 88.1 Å². The van der Waals surface area contributed by atoms with E-state index in [2.05, 4.69) is 50.4 Å². The number of alkyl carbamates (subject to hydrolysis) is 1. The SMILES string of the molecule is CC[C@@H](O[Si](c1ccccc1)(c1ccccc1)C(C)(C)C)[C@@]1(C)OC(=O)N[C@@H]1C(=O)N(C)[C@H](c1ccccc1)[C@H](O)c1ccccc1. The zero-order chi connectivity index (χ0) is 33.8. The van der Waals surface area contributed by atoms with Crippen LogP contribution in [0.4, 0.5) is 4.79 Å². The normalized spacial score (nSPS) is 20.1. The number of carbonyl (C=O) groups is 2. The van der Waals surface area contributed by atoms with Crippen molar-refractivity contribution in [1.82, 2.24) is 10.2 Å². The zero-order valence-electron chi connectivity index (χ0n) is 28.1. The number of hydrogen-bond acceptors (Lipinski definition) is 5. The number of ether oxygens (including phenoxy) is 1. The summed E-state index contributed by atoms with van der Waals surface area (Å²) in [6, 6.07) is 37.5. The number of aliphatic hydroxyl groups is 1. The fourth-order valence-corrected chi connectivity index (χ4v) is 11.9. The van der Waals surface area contributed by atoms with Crippen molar-refractivity contribution in [2.75, 3.05) is 7.05 Å². The van der Waals surface area contributed by atoms with Gasteiger partial charge < -0.3 is 24.5 Å². The maximum absolute atomic E-state index is 14.7. The van der Waals surface area contributed by atoms with Crippen LogP contribution >= 0.6 is 0 Å². The van der Waals surface area contributed by atoms with Gasteiger partial charge in [0, 0.05) is 7.05 Å². The highest BCUT2D eigenvalue weighted by Crippen LogP contribution is 2.42. The Kier molecular flexibility index (Phi) is 10.1. The van der Waals surface area contributed by atoms with Gasteiger partial charge in [-0.1, -0.05) is 149 Å². The fourth-order valence-electron chi connectivity index (χ4n) is 7.06. The summed E-state index contributed by atoms with van der Waals surface area (Å²) >= 11 is 0. The van der Waals surface area contributed by atoms with Crippen molar-refractivity contribution in [3.63, 3.8) is 0 Å². The molecule has 1 heterocycles. The van der Waals surface area contributed by atoms with E-state index in [1.165, 1.54) is 4.90 Å². The van der Waals surface area contributed by atoms with Gasteiger partial charge in [0.05, 0.1) is 12.1 Å². The number of nitrogens with one attached hydrogen (secondary N) is 1. The van der Waals surface area contributed by atoms with E-state index in [4.69, 9.17) is 9.16 Å². The van der Waals surface area contributed by atoms with Crippen molar-refractivity contribution >= 4 is 30.7 Å². The average molecular weight is 651 g/mol. The third-order valence-electron chi connectivity index (χ3n) is 9.49. The molecule has 0 aromatic heterocycles. The summed E-state index contributed by atoms with van der Waals surface area (Å²) in [5, 5.41) is 16.4. The van der Waals surface area contributed by atoms with Crippen LogP contribution in [0.5, 0.6) is 0 Å². The van der Waals surface area contributed by atoms with E-state index in [9.17, 15) is 14.7 Å². The van der Waals surface area contributed by atoms with Crippen LogP contribution in [0.15, 0.2) is 121 Å². The van der Waals surface area contributed by atoms with Crippen molar-refractivity contribution in [2.24, 2.45) is 0 Å². The predicted octanol–water partition coefficient (Wildman–Crippen LogP) is 6.14. The van der Waals surface area contributed by atoms with E-state index in [0.29, 0.717) is 12.0 Å². The molecule has 0 bridgehead atoms. The third-order valence-corrected chi connectivity index (χ3v) is 14.5. The molecule has 7 nitrogen and oxygen atoms in total. The number of rotatable bonds is 11. The van der Waals surface area contributed by atoms with Gasteiger partial charge in [-0.3, -0.25) is 4.79 Å². The van der Waals surface area contributed by atoms with Gasteiger partial charge in [0.1, 0.15) is 6.10 Å². The first-order chi connectivity index (χ1) is 22.4. The molecule has 5 atom stereocenters. The lowest BCUT2D eigenvalue weighted by atomic mass is 9.87. The van der Waals surface area contributed by atoms with Gasteiger partial charge in [0.15, 0.2) is 11.6 Å². The quantitative estimate of drug-likeness (QED) is 0.191. The van der Waals surface area contributed by atoms with E-state index < -0.39 is 44.3 Å². The van der Waals surface area contributed by atoms with E-state index in [-0.39, 0.29) is 10.9 Å². The van der Waals surface area contributed by atoms with Crippen LogP contribution in [0.1, 0.15) is 64.3 Å². The minimum Gasteiger partial charge on any atom is -0.438 e. The monoisotopic (exact) mass is 650 g/mol. The Morgan fingerprint density at radius 2 is 1.32 bits per heavy atom. The van der Waals surface area contributed by atoms with E-state index >= 15 is 0 Å². The molecule has 8 heteroatoms. The maximum Gasteiger partial charge on any atom is 0.408 e. The average Bonchev–Trinajstić information content (AvgIpc) is 3.40. The van der Waals surface area contributed by atoms with Gasteiger partial charge in [-0.2, -0.15) is 0 Å². The van der Waals surface area contributed by atoms with E-state index in [0.717, 1.165) is 15.9 Å². The second-order valence-electron chi connectivity index (χ2n) is 13.5. The van der Waals surface area contributed by atoms with E-state index in [1.807, 2.05) is 104 Å². The van der Waals surface area contributed by atoms with Crippen LogP contribution < -0.4 is 15.7 Å². The summed E-state index contributed by atoms with van der Waals surface area (Å²) in [5.74, 6) is -0.383. The van der Waals surface area contributed by atoms with Crippen LogP contribution in [0.3, 0.4) is 0 Å². The summed E-state index contributed by atoms with van der Waals surface area (Å²) in [4.78, 5) is 29.3. The van der Waals surface area contributed by atoms with Gasteiger partial charge >= 0.3 is 6.09 Å². The lowest BCUT2D eigenvalue weighted by Gasteiger charge is -2.48. The molecule has 0 saturated carbocycles. The predicted molar refractivity (Wildman–Crippen MR) is 188 cm³/mol. The molecule has 2 amide bonds. The maximum atomic E-state index is 14.7. The van der Waals surface area contributed by atoms with Crippen molar-refractivity contribution in [3.05, 3.63) is 132 Å². The van der Waals surface area contributed by atoms with Gasteiger partial charge in [-0.15, -0.1) is 0 Å². The summed E-state index contributed by atoms with van der Waals surface area (Å²) in [7, 11) is -1.41.